The number of methoxy groups -OCH3 is 1. The summed E-state index contributed by atoms with van der Waals surface area (Å²) in [6, 6.07) is 16.8. The molecule has 2 rings (SSSR count). The molecule has 2 amide bonds. The summed E-state index contributed by atoms with van der Waals surface area (Å²) < 4.78 is 5.18. The first-order valence-corrected chi connectivity index (χ1v) is 9.72. The predicted molar refractivity (Wildman–Crippen MR) is 113 cm³/mol. The summed E-state index contributed by atoms with van der Waals surface area (Å²) in [6.07, 6.45) is 0.169. The molecule has 29 heavy (non-hydrogen) atoms. The molecule has 0 spiro atoms. The lowest BCUT2D eigenvalue weighted by molar-refractivity contribution is -0.121. The van der Waals surface area contributed by atoms with Crippen LogP contribution in [-0.2, 0) is 4.79 Å². The smallest absolute Gasteiger partial charge is 0.255 e. The Morgan fingerprint density at radius 1 is 1.03 bits per heavy atom. The van der Waals surface area contributed by atoms with Crippen LogP contribution in [0.2, 0.25) is 0 Å². The van der Waals surface area contributed by atoms with Crippen molar-refractivity contribution in [3.8, 4) is 5.75 Å². The number of carbonyl (C=O) groups excluding carboxylic acids is 2. The van der Waals surface area contributed by atoms with Gasteiger partial charge in [-0.1, -0.05) is 56.3 Å². The Morgan fingerprint density at radius 2 is 1.69 bits per heavy atom. The van der Waals surface area contributed by atoms with Crippen molar-refractivity contribution < 1.29 is 19.4 Å². The summed E-state index contributed by atoms with van der Waals surface area (Å²) in [5.74, 6) is 0.0334. The van der Waals surface area contributed by atoms with E-state index in [-0.39, 0.29) is 42.7 Å². The summed E-state index contributed by atoms with van der Waals surface area (Å²) in [4.78, 5) is 24.6. The number of amides is 2. The fourth-order valence-electron chi connectivity index (χ4n) is 3.16. The van der Waals surface area contributed by atoms with Crippen LogP contribution < -0.4 is 15.4 Å². The second-order valence-corrected chi connectivity index (χ2v) is 7.62. The second kappa shape index (κ2) is 10.6. The predicted octanol–water partition coefficient (Wildman–Crippen LogP) is 2.73. The van der Waals surface area contributed by atoms with Crippen molar-refractivity contribution in [2.24, 2.45) is 5.41 Å². The van der Waals surface area contributed by atoms with Gasteiger partial charge in [-0.05, 0) is 23.1 Å². The maximum atomic E-state index is 12.3. The minimum Gasteiger partial charge on any atom is -0.496 e. The van der Waals surface area contributed by atoms with E-state index in [0.29, 0.717) is 17.9 Å². The molecular weight excluding hydrogens is 368 g/mol. The number of hydrogen-bond donors (Lipinski definition) is 3. The molecule has 0 aliphatic heterocycles. The van der Waals surface area contributed by atoms with E-state index in [1.807, 2.05) is 44.2 Å². The summed E-state index contributed by atoms with van der Waals surface area (Å²) in [5.41, 5.74) is 1.12. The number of ether oxygens (including phenoxy) is 1. The molecule has 0 saturated heterocycles. The van der Waals surface area contributed by atoms with Crippen molar-refractivity contribution >= 4 is 11.8 Å². The first-order valence-electron chi connectivity index (χ1n) is 9.72. The molecule has 0 aliphatic carbocycles. The highest BCUT2D eigenvalue weighted by Crippen LogP contribution is 2.34. The van der Waals surface area contributed by atoms with Crippen molar-refractivity contribution in [2.75, 3.05) is 26.8 Å². The highest BCUT2D eigenvalue weighted by atomic mass is 16.5. The number of para-hydroxylation sites is 1. The van der Waals surface area contributed by atoms with Crippen LogP contribution in [0.5, 0.6) is 5.75 Å². The van der Waals surface area contributed by atoms with Crippen molar-refractivity contribution in [3.05, 3.63) is 65.7 Å². The topological polar surface area (TPSA) is 87.7 Å². The lowest BCUT2D eigenvalue weighted by atomic mass is 9.75. The van der Waals surface area contributed by atoms with Crippen LogP contribution in [0.25, 0.3) is 0 Å². The zero-order valence-electron chi connectivity index (χ0n) is 17.3. The Hall–Kier alpha value is -2.86. The Labute approximate surface area is 172 Å². The van der Waals surface area contributed by atoms with Gasteiger partial charge in [0.05, 0.1) is 12.7 Å². The van der Waals surface area contributed by atoms with Crippen LogP contribution in [-0.4, -0.2) is 43.7 Å². The largest absolute Gasteiger partial charge is 0.496 e. The van der Waals surface area contributed by atoms with Gasteiger partial charge in [0.15, 0.2) is 0 Å². The lowest BCUT2D eigenvalue weighted by Crippen LogP contribution is -2.38. The molecule has 0 unspecified atom stereocenters. The fourth-order valence-corrected chi connectivity index (χ4v) is 3.16. The third kappa shape index (κ3) is 6.32. The maximum Gasteiger partial charge on any atom is 0.255 e. The second-order valence-electron chi connectivity index (χ2n) is 7.62. The van der Waals surface area contributed by atoms with Crippen molar-refractivity contribution in [1.82, 2.24) is 10.6 Å². The summed E-state index contributed by atoms with van der Waals surface area (Å²) in [7, 11) is 1.51. The van der Waals surface area contributed by atoms with Crippen LogP contribution in [0.15, 0.2) is 54.6 Å². The number of benzene rings is 2. The van der Waals surface area contributed by atoms with E-state index in [0.717, 1.165) is 5.56 Å². The van der Waals surface area contributed by atoms with Gasteiger partial charge >= 0.3 is 0 Å². The molecule has 0 aromatic heterocycles. The zero-order chi connectivity index (χ0) is 21.3. The normalized spacial score (nSPS) is 12.1. The quantitative estimate of drug-likeness (QED) is 0.574. The van der Waals surface area contributed by atoms with Gasteiger partial charge in [0.2, 0.25) is 5.91 Å². The number of aliphatic hydroxyl groups excluding tert-OH is 1. The van der Waals surface area contributed by atoms with Gasteiger partial charge in [0.25, 0.3) is 5.91 Å². The van der Waals surface area contributed by atoms with Gasteiger partial charge < -0.3 is 20.5 Å². The molecule has 0 bridgehead atoms. The molecule has 156 valence electrons. The molecule has 0 aliphatic rings. The van der Waals surface area contributed by atoms with E-state index in [2.05, 4.69) is 10.6 Å². The summed E-state index contributed by atoms with van der Waals surface area (Å²) in [5, 5.41) is 15.5. The van der Waals surface area contributed by atoms with Gasteiger partial charge in [-0.2, -0.15) is 0 Å². The van der Waals surface area contributed by atoms with Crippen LogP contribution in [0.4, 0.5) is 0 Å². The van der Waals surface area contributed by atoms with E-state index in [1.165, 1.54) is 7.11 Å². The number of rotatable bonds is 10. The average Bonchev–Trinajstić information content (AvgIpc) is 2.74. The number of nitrogens with one attached hydrogen (secondary N) is 2. The van der Waals surface area contributed by atoms with Crippen molar-refractivity contribution in [2.45, 2.75) is 26.2 Å². The number of carbonyl (C=O) groups is 2. The van der Waals surface area contributed by atoms with Gasteiger partial charge in [0.1, 0.15) is 5.75 Å². The lowest BCUT2D eigenvalue weighted by Gasteiger charge is -2.33. The Bertz CT molecular complexity index is 806. The molecule has 0 saturated carbocycles. The van der Waals surface area contributed by atoms with Crippen LogP contribution in [0.3, 0.4) is 0 Å². The molecule has 3 N–H and O–H groups in total. The Kier molecular flexibility index (Phi) is 8.21. The first kappa shape index (κ1) is 22.4. The Morgan fingerprint density at radius 3 is 2.34 bits per heavy atom. The monoisotopic (exact) mass is 398 g/mol. The number of aliphatic hydroxyl groups is 1. The standard InChI is InChI=1S/C23H30N2O4/c1-23(2,16-26)19(17-9-5-4-6-10-17)15-25-21(27)13-14-24-22(28)18-11-7-8-12-20(18)29-3/h4-12,19,26H,13-16H2,1-3H3,(H,24,28)(H,25,27)/t19-/m0/s1. The zero-order valence-corrected chi connectivity index (χ0v) is 17.3. The molecule has 0 fully saturated rings. The maximum absolute atomic E-state index is 12.3. The van der Waals surface area contributed by atoms with E-state index in [9.17, 15) is 14.7 Å². The fraction of sp³-hybridized carbons (Fsp3) is 0.391. The average molecular weight is 399 g/mol. The van der Waals surface area contributed by atoms with Gasteiger partial charge in [-0.25, -0.2) is 0 Å². The van der Waals surface area contributed by atoms with Crippen LogP contribution in [0, 0.1) is 5.41 Å². The van der Waals surface area contributed by atoms with E-state index < -0.39 is 0 Å². The highest BCUT2D eigenvalue weighted by Gasteiger charge is 2.30. The minimum absolute atomic E-state index is 0.0113. The molecule has 0 radical (unpaired) electrons. The van der Waals surface area contributed by atoms with Crippen molar-refractivity contribution in [3.63, 3.8) is 0 Å². The molecule has 6 nitrogen and oxygen atoms in total. The Balaban J connectivity index is 1.87. The SMILES string of the molecule is COc1ccccc1C(=O)NCCC(=O)NC[C@@H](c1ccccc1)C(C)(C)CO. The molecule has 1 atom stereocenters. The van der Waals surface area contributed by atoms with Crippen LogP contribution in [0.1, 0.15) is 42.1 Å². The van der Waals surface area contributed by atoms with E-state index in [1.54, 1.807) is 24.3 Å². The minimum atomic E-state index is -0.382. The van der Waals surface area contributed by atoms with Gasteiger partial charge in [-0.15, -0.1) is 0 Å². The summed E-state index contributed by atoms with van der Waals surface area (Å²) in [6.45, 7) is 4.60. The molecule has 2 aromatic carbocycles. The molecule has 0 heterocycles. The molecular formula is C23H30N2O4. The van der Waals surface area contributed by atoms with E-state index >= 15 is 0 Å². The molecule has 2 aromatic rings. The van der Waals surface area contributed by atoms with Crippen LogP contribution >= 0.6 is 0 Å². The highest BCUT2D eigenvalue weighted by molar-refractivity contribution is 5.97. The van der Waals surface area contributed by atoms with Gasteiger partial charge in [-0.3, -0.25) is 9.59 Å². The van der Waals surface area contributed by atoms with Gasteiger partial charge in [0, 0.05) is 32.0 Å². The third-order valence-electron chi connectivity index (χ3n) is 5.05. The molecule has 6 heteroatoms. The summed E-state index contributed by atoms with van der Waals surface area (Å²) >= 11 is 0. The van der Waals surface area contributed by atoms with Crippen molar-refractivity contribution in [1.29, 1.82) is 0 Å². The first-order chi connectivity index (χ1) is 13.9. The van der Waals surface area contributed by atoms with E-state index in [4.69, 9.17) is 4.74 Å². The third-order valence-corrected chi connectivity index (χ3v) is 5.05. The number of hydrogen-bond acceptors (Lipinski definition) is 4.